The molecule has 1 fully saturated rings. The van der Waals surface area contributed by atoms with E-state index in [4.69, 9.17) is 5.73 Å². The molecule has 1 heterocycles. The molecule has 3 atom stereocenters. The van der Waals surface area contributed by atoms with Gasteiger partial charge in [0.15, 0.2) is 0 Å². The highest BCUT2D eigenvalue weighted by atomic mass is 19.1. The van der Waals surface area contributed by atoms with Crippen LogP contribution in [-0.2, 0) is 0 Å². The minimum atomic E-state index is -0.161. The van der Waals surface area contributed by atoms with E-state index in [2.05, 4.69) is 18.7 Å². The molecule has 1 aliphatic rings. The van der Waals surface area contributed by atoms with Gasteiger partial charge in [-0.2, -0.15) is 0 Å². The zero-order chi connectivity index (χ0) is 13.4. The van der Waals surface area contributed by atoms with Gasteiger partial charge in [0.1, 0.15) is 5.82 Å². The van der Waals surface area contributed by atoms with Crippen LogP contribution in [0.15, 0.2) is 12.1 Å². The maximum Gasteiger partial charge on any atom is 0.126 e. The van der Waals surface area contributed by atoms with Gasteiger partial charge in [0.2, 0.25) is 0 Å². The molecule has 1 saturated heterocycles. The summed E-state index contributed by atoms with van der Waals surface area (Å²) in [6.07, 6.45) is 1.19. The molecule has 0 spiro atoms. The fourth-order valence-electron chi connectivity index (χ4n) is 2.93. The molecule has 100 valence electrons. The van der Waals surface area contributed by atoms with Gasteiger partial charge in [0, 0.05) is 24.3 Å². The lowest BCUT2D eigenvalue weighted by Gasteiger charge is -2.28. The topological polar surface area (TPSA) is 29.3 Å². The van der Waals surface area contributed by atoms with Crippen molar-refractivity contribution in [2.24, 2.45) is 11.7 Å². The van der Waals surface area contributed by atoms with E-state index in [0.29, 0.717) is 17.5 Å². The number of nitrogens with two attached hydrogens (primary N) is 1. The van der Waals surface area contributed by atoms with Crippen molar-refractivity contribution >= 4 is 5.69 Å². The van der Waals surface area contributed by atoms with Gasteiger partial charge < -0.3 is 10.6 Å². The molecule has 0 aliphatic carbocycles. The van der Waals surface area contributed by atoms with Crippen LogP contribution in [0.5, 0.6) is 0 Å². The van der Waals surface area contributed by atoms with Crippen LogP contribution in [0.3, 0.4) is 0 Å². The van der Waals surface area contributed by atoms with Gasteiger partial charge in [0.25, 0.3) is 0 Å². The summed E-state index contributed by atoms with van der Waals surface area (Å²) < 4.78 is 13.7. The zero-order valence-electron chi connectivity index (χ0n) is 11.7. The second-order valence-corrected chi connectivity index (χ2v) is 5.79. The van der Waals surface area contributed by atoms with Crippen molar-refractivity contribution in [3.63, 3.8) is 0 Å². The maximum absolute atomic E-state index is 13.7. The first-order valence-electron chi connectivity index (χ1n) is 6.72. The third-order valence-corrected chi connectivity index (χ3v) is 3.89. The van der Waals surface area contributed by atoms with Gasteiger partial charge in [-0.1, -0.05) is 6.92 Å². The number of nitrogens with zero attached hydrogens (tertiary/aromatic N) is 1. The lowest BCUT2D eigenvalue weighted by atomic mass is 10.0. The molecule has 1 aromatic carbocycles. The molecule has 2 rings (SSSR count). The first-order valence-corrected chi connectivity index (χ1v) is 6.72. The first kappa shape index (κ1) is 13.3. The SMILES string of the molecule is Cc1cc(N2CC(C)CC2C)c([C@@H](C)N)cc1F. The molecule has 0 saturated carbocycles. The molecule has 18 heavy (non-hydrogen) atoms. The van der Waals surface area contributed by atoms with E-state index in [-0.39, 0.29) is 11.9 Å². The molecular weight excluding hydrogens is 227 g/mol. The molecule has 1 aliphatic heterocycles. The minimum absolute atomic E-state index is 0.141. The molecule has 0 aromatic heterocycles. The van der Waals surface area contributed by atoms with Crippen LogP contribution in [0.25, 0.3) is 0 Å². The fraction of sp³-hybridized carbons (Fsp3) is 0.600. The fourth-order valence-corrected chi connectivity index (χ4v) is 2.93. The molecule has 0 amide bonds. The summed E-state index contributed by atoms with van der Waals surface area (Å²) in [7, 11) is 0. The van der Waals surface area contributed by atoms with Crippen molar-refractivity contribution in [2.75, 3.05) is 11.4 Å². The molecular formula is C15H23FN2. The maximum atomic E-state index is 13.7. The molecule has 2 nitrogen and oxygen atoms in total. The zero-order valence-corrected chi connectivity index (χ0v) is 11.7. The van der Waals surface area contributed by atoms with Crippen molar-refractivity contribution in [1.82, 2.24) is 0 Å². The van der Waals surface area contributed by atoms with Gasteiger partial charge in [-0.15, -0.1) is 0 Å². The lowest BCUT2D eigenvalue weighted by Crippen LogP contribution is -2.29. The van der Waals surface area contributed by atoms with Gasteiger partial charge in [-0.25, -0.2) is 4.39 Å². The Kier molecular flexibility index (Phi) is 3.62. The standard InChI is InChI=1S/C15H23FN2/c1-9-5-11(3)18(8-9)15-6-10(2)14(16)7-13(15)12(4)17/h6-7,9,11-12H,5,8,17H2,1-4H3/t9?,11?,12-/m1/s1. The van der Waals surface area contributed by atoms with Crippen LogP contribution >= 0.6 is 0 Å². The summed E-state index contributed by atoms with van der Waals surface area (Å²) in [5.74, 6) is 0.525. The van der Waals surface area contributed by atoms with Crippen molar-refractivity contribution in [3.05, 3.63) is 29.1 Å². The molecule has 1 aromatic rings. The number of anilines is 1. The Morgan fingerprint density at radius 3 is 2.56 bits per heavy atom. The van der Waals surface area contributed by atoms with Crippen molar-refractivity contribution < 1.29 is 4.39 Å². The summed E-state index contributed by atoms with van der Waals surface area (Å²) >= 11 is 0. The summed E-state index contributed by atoms with van der Waals surface area (Å²) in [6.45, 7) is 9.25. The Morgan fingerprint density at radius 1 is 1.39 bits per heavy atom. The highest BCUT2D eigenvalue weighted by molar-refractivity contribution is 5.58. The van der Waals surface area contributed by atoms with E-state index < -0.39 is 0 Å². The Balaban J connectivity index is 2.46. The molecule has 2 N–H and O–H groups in total. The predicted octanol–water partition coefficient (Wildman–Crippen LogP) is 3.39. The number of hydrogen-bond acceptors (Lipinski definition) is 2. The highest BCUT2D eigenvalue weighted by Gasteiger charge is 2.28. The minimum Gasteiger partial charge on any atom is -0.368 e. The normalized spacial score (nSPS) is 25.6. The summed E-state index contributed by atoms with van der Waals surface area (Å²) in [6, 6.07) is 3.91. The van der Waals surface area contributed by atoms with E-state index in [1.54, 1.807) is 6.07 Å². The molecule has 0 bridgehead atoms. The Labute approximate surface area is 109 Å². The first-order chi connectivity index (χ1) is 8.40. The van der Waals surface area contributed by atoms with Gasteiger partial charge in [-0.3, -0.25) is 0 Å². The third kappa shape index (κ3) is 2.37. The predicted molar refractivity (Wildman–Crippen MR) is 74.3 cm³/mol. The van der Waals surface area contributed by atoms with Crippen LogP contribution < -0.4 is 10.6 Å². The Bertz CT molecular complexity index is 442. The number of halogens is 1. The summed E-state index contributed by atoms with van der Waals surface area (Å²) in [5, 5.41) is 0. The van der Waals surface area contributed by atoms with E-state index in [0.717, 1.165) is 17.8 Å². The highest BCUT2D eigenvalue weighted by Crippen LogP contribution is 2.34. The third-order valence-electron chi connectivity index (χ3n) is 3.89. The number of hydrogen-bond donors (Lipinski definition) is 1. The van der Waals surface area contributed by atoms with Gasteiger partial charge in [-0.05, 0) is 56.4 Å². The summed E-state index contributed by atoms with van der Waals surface area (Å²) in [5.41, 5.74) is 8.71. The van der Waals surface area contributed by atoms with Crippen molar-refractivity contribution in [1.29, 1.82) is 0 Å². The average Bonchev–Trinajstić information content (AvgIpc) is 2.61. The smallest absolute Gasteiger partial charge is 0.126 e. The van der Waals surface area contributed by atoms with E-state index >= 15 is 0 Å². The quantitative estimate of drug-likeness (QED) is 0.871. The largest absolute Gasteiger partial charge is 0.368 e. The molecule has 3 heteroatoms. The van der Waals surface area contributed by atoms with Crippen LogP contribution in [0, 0.1) is 18.7 Å². The van der Waals surface area contributed by atoms with Crippen LogP contribution in [0.1, 0.15) is 44.4 Å². The summed E-state index contributed by atoms with van der Waals surface area (Å²) in [4.78, 5) is 2.37. The second-order valence-electron chi connectivity index (χ2n) is 5.79. The van der Waals surface area contributed by atoms with Gasteiger partial charge >= 0.3 is 0 Å². The van der Waals surface area contributed by atoms with Crippen LogP contribution in [0.2, 0.25) is 0 Å². The lowest BCUT2D eigenvalue weighted by molar-refractivity contribution is 0.611. The number of rotatable bonds is 2. The Hall–Kier alpha value is -1.09. The monoisotopic (exact) mass is 250 g/mol. The Morgan fingerprint density at radius 2 is 2.06 bits per heavy atom. The van der Waals surface area contributed by atoms with Crippen molar-refractivity contribution in [3.8, 4) is 0 Å². The molecule has 0 radical (unpaired) electrons. The van der Waals surface area contributed by atoms with E-state index in [1.165, 1.54) is 6.42 Å². The average molecular weight is 250 g/mol. The van der Waals surface area contributed by atoms with E-state index in [9.17, 15) is 4.39 Å². The number of aryl methyl sites for hydroxylation is 1. The number of benzene rings is 1. The van der Waals surface area contributed by atoms with E-state index in [1.807, 2.05) is 19.9 Å². The molecule has 2 unspecified atom stereocenters. The van der Waals surface area contributed by atoms with Gasteiger partial charge in [0.05, 0.1) is 0 Å². The second kappa shape index (κ2) is 4.88. The van der Waals surface area contributed by atoms with Crippen LogP contribution in [-0.4, -0.2) is 12.6 Å². The van der Waals surface area contributed by atoms with Crippen molar-refractivity contribution in [2.45, 2.75) is 46.2 Å². The van der Waals surface area contributed by atoms with Crippen LogP contribution in [0.4, 0.5) is 10.1 Å².